The fourth-order valence-corrected chi connectivity index (χ4v) is 6.03. The van der Waals surface area contributed by atoms with Gasteiger partial charge in [-0.3, -0.25) is 4.79 Å². The third kappa shape index (κ3) is 5.46. The van der Waals surface area contributed by atoms with Crippen LogP contribution in [0, 0.1) is 12.7 Å². The van der Waals surface area contributed by atoms with Crippen molar-refractivity contribution in [2.75, 3.05) is 29.9 Å². The highest BCUT2D eigenvalue weighted by atomic mass is 35.5. The number of rotatable bonds is 5. The summed E-state index contributed by atoms with van der Waals surface area (Å²) in [6, 6.07) is 15.7. The maximum atomic E-state index is 14.5. The smallest absolute Gasteiger partial charge is 0.258 e. The largest absolute Gasteiger partial charge is 0.366 e. The number of sulfonamides is 1. The number of carbonyl (C=O) groups excluding carboxylic acids is 1. The molecule has 6 nitrogen and oxygen atoms in total. The summed E-state index contributed by atoms with van der Waals surface area (Å²) in [4.78, 5) is 14.8. The number of piperazine rings is 1. The van der Waals surface area contributed by atoms with Crippen molar-refractivity contribution in [1.82, 2.24) is 4.31 Å². The lowest BCUT2D eigenvalue weighted by Gasteiger charge is -2.40. The number of aryl methyl sites for hydroxylation is 1. The first-order valence-electron chi connectivity index (χ1n) is 11.0. The number of hydrogen-bond acceptors (Lipinski definition) is 4. The molecular formula is C25H24Cl2FN3O3S. The van der Waals surface area contributed by atoms with Crippen LogP contribution in [-0.2, 0) is 10.0 Å². The topological polar surface area (TPSA) is 69.7 Å². The molecule has 3 aromatic rings. The Morgan fingerprint density at radius 2 is 1.74 bits per heavy atom. The predicted molar refractivity (Wildman–Crippen MR) is 138 cm³/mol. The number of carbonyl (C=O) groups is 1. The quantitative estimate of drug-likeness (QED) is 0.462. The number of nitrogens with one attached hydrogen (secondary N) is 1. The van der Waals surface area contributed by atoms with E-state index in [-0.39, 0.29) is 34.7 Å². The molecule has 1 aliphatic heterocycles. The molecule has 1 saturated heterocycles. The van der Waals surface area contributed by atoms with Crippen molar-refractivity contribution < 1.29 is 17.6 Å². The van der Waals surface area contributed by atoms with Crippen LogP contribution in [0.25, 0.3) is 0 Å². The average molecular weight is 536 g/mol. The second-order valence-electron chi connectivity index (χ2n) is 8.46. The van der Waals surface area contributed by atoms with Crippen LogP contribution in [0.1, 0.15) is 22.8 Å². The van der Waals surface area contributed by atoms with E-state index in [0.717, 1.165) is 23.4 Å². The summed E-state index contributed by atoms with van der Waals surface area (Å²) < 4.78 is 42.6. The van der Waals surface area contributed by atoms with Crippen LogP contribution in [0.15, 0.2) is 65.6 Å². The van der Waals surface area contributed by atoms with E-state index < -0.39 is 27.3 Å². The van der Waals surface area contributed by atoms with E-state index in [1.807, 2.05) is 38.1 Å². The highest BCUT2D eigenvalue weighted by Crippen LogP contribution is 2.28. The molecule has 184 valence electrons. The van der Waals surface area contributed by atoms with Crippen LogP contribution in [0.2, 0.25) is 10.0 Å². The molecule has 0 unspecified atom stereocenters. The maximum absolute atomic E-state index is 14.5. The molecule has 3 aromatic carbocycles. The fourth-order valence-electron chi connectivity index (χ4n) is 4.03. The molecule has 0 saturated carbocycles. The van der Waals surface area contributed by atoms with Crippen LogP contribution >= 0.6 is 23.2 Å². The summed E-state index contributed by atoms with van der Waals surface area (Å²) in [5.41, 5.74) is 2.01. The molecule has 0 aromatic heterocycles. The minimum Gasteiger partial charge on any atom is -0.366 e. The van der Waals surface area contributed by atoms with Crippen molar-refractivity contribution in [3.63, 3.8) is 0 Å². The molecule has 10 heteroatoms. The molecule has 0 spiro atoms. The lowest BCUT2D eigenvalue weighted by molar-refractivity contribution is 0.102. The molecule has 1 atom stereocenters. The van der Waals surface area contributed by atoms with Crippen molar-refractivity contribution >= 4 is 50.5 Å². The standard InChI is InChI=1S/C25H24Cl2FN3O3S/c1-16-3-6-19(7-4-16)31-12-11-30(15-17(31)2)35(33,34)20-8-9-23(28)21(14-20)25(32)29-24-10-5-18(26)13-22(24)27/h3-10,13-14,17H,11-12,15H2,1-2H3,(H,29,32)/t17-/m0/s1. The SMILES string of the molecule is Cc1ccc(N2CCN(S(=O)(=O)c3ccc(F)c(C(=O)Nc4ccc(Cl)cc4Cl)c3)C[C@@H]2C)cc1. The Kier molecular flexibility index (Phi) is 7.38. The molecule has 1 N–H and O–H groups in total. The summed E-state index contributed by atoms with van der Waals surface area (Å²) in [6.45, 7) is 5.00. The van der Waals surface area contributed by atoms with Crippen LogP contribution in [0.3, 0.4) is 0 Å². The summed E-state index contributed by atoms with van der Waals surface area (Å²) in [7, 11) is -3.95. The van der Waals surface area contributed by atoms with Gasteiger partial charge >= 0.3 is 0 Å². The van der Waals surface area contributed by atoms with Gasteiger partial charge in [-0.25, -0.2) is 12.8 Å². The Morgan fingerprint density at radius 3 is 2.40 bits per heavy atom. The Bertz CT molecular complexity index is 1370. The highest BCUT2D eigenvalue weighted by Gasteiger charge is 2.33. The lowest BCUT2D eigenvalue weighted by Crippen LogP contribution is -2.53. The number of halogens is 3. The molecule has 1 fully saturated rings. The van der Waals surface area contributed by atoms with Gasteiger partial charge in [-0.2, -0.15) is 4.31 Å². The van der Waals surface area contributed by atoms with Gasteiger partial charge in [0.05, 0.1) is 21.2 Å². The Hall–Kier alpha value is -2.65. The Balaban J connectivity index is 1.54. The van der Waals surface area contributed by atoms with E-state index in [9.17, 15) is 17.6 Å². The zero-order valence-corrected chi connectivity index (χ0v) is 21.5. The molecular weight excluding hydrogens is 512 g/mol. The van der Waals surface area contributed by atoms with Gasteiger partial charge in [-0.15, -0.1) is 0 Å². The number of amides is 1. The van der Waals surface area contributed by atoms with Crippen LogP contribution in [-0.4, -0.2) is 44.3 Å². The first-order chi connectivity index (χ1) is 16.6. The van der Waals surface area contributed by atoms with Gasteiger partial charge in [-0.1, -0.05) is 40.9 Å². The molecule has 1 amide bonds. The van der Waals surface area contributed by atoms with E-state index in [0.29, 0.717) is 11.6 Å². The minimum absolute atomic E-state index is 0.0727. The first kappa shape index (κ1) is 25.4. The molecule has 35 heavy (non-hydrogen) atoms. The second kappa shape index (κ2) is 10.1. The first-order valence-corrected chi connectivity index (χ1v) is 13.2. The number of nitrogens with zero attached hydrogens (tertiary/aromatic N) is 2. The summed E-state index contributed by atoms with van der Waals surface area (Å²) >= 11 is 12.0. The Morgan fingerprint density at radius 1 is 1.03 bits per heavy atom. The van der Waals surface area contributed by atoms with Crippen LogP contribution in [0.4, 0.5) is 15.8 Å². The third-order valence-corrected chi connectivity index (χ3v) is 8.36. The van der Waals surface area contributed by atoms with Gasteiger partial charge in [0, 0.05) is 36.4 Å². The average Bonchev–Trinajstić information content (AvgIpc) is 2.81. The van der Waals surface area contributed by atoms with Gasteiger partial charge < -0.3 is 10.2 Å². The number of hydrogen-bond donors (Lipinski definition) is 1. The van der Waals surface area contributed by atoms with E-state index in [1.54, 1.807) is 0 Å². The molecule has 0 radical (unpaired) electrons. The monoisotopic (exact) mass is 535 g/mol. The summed E-state index contributed by atoms with van der Waals surface area (Å²) in [6.07, 6.45) is 0. The van der Waals surface area contributed by atoms with Crippen molar-refractivity contribution in [3.8, 4) is 0 Å². The number of anilines is 2. The van der Waals surface area contributed by atoms with Crippen LogP contribution < -0.4 is 10.2 Å². The molecule has 1 heterocycles. The minimum atomic E-state index is -3.95. The maximum Gasteiger partial charge on any atom is 0.258 e. The van der Waals surface area contributed by atoms with Crippen molar-refractivity contribution in [3.05, 3.63) is 87.7 Å². The van der Waals surface area contributed by atoms with E-state index >= 15 is 0 Å². The van der Waals surface area contributed by atoms with Gasteiger partial charge in [-0.05, 0) is 62.4 Å². The van der Waals surface area contributed by atoms with Gasteiger partial charge in [0.15, 0.2) is 0 Å². The lowest BCUT2D eigenvalue weighted by atomic mass is 10.1. The van der Waals surface area contributed by atoms with Crippen molar-refractivity contribution in [1.29, 1.82) is 0 Å². The van der Waals surface area contributed by atoms with Crippen LogP contribution in [0.5, 0.6) is 0 Å². The molecule has 0 aliphatic carbocycles. The second-order valence-corrected chi connectivity index (χ2v) is 11.2. The summed E-state index contributed by atoms with van der Waals surface area (Å²) in [5, 5.41) is 3.06. The van der Waals surface area contributed by atoms with E-state index in [2.05, 4.69) is 10.2 Å². The van der Waals surface area contributed by atoms with Crippen molar-refractivity contribution in [2.45, 2.75) is 24.8 Å². The predicted octanol–water partition coefficient (Wildman–Crippen LogP) is 5.59. The normalized spacial score (nSPS) is 16.8. The van der Waals surface area contributed by atoms with E-state index in [1.165, 1.54) is 28.6 Å². The fraction of sp³-hybridized carbons (Fsp3) is 0.240. The molecule has 1 aliphatic rings. The zero-order chi connectivity index (χ0) is 25.3. The Labute approximate surface area is 214 Å². The molecule has 0 bridgehead atoms. The highest BCUT2D eigenvalue weighted by molar-refractivity contribution is 7.89. The summed E-state index contributed by atoms with van der Waals surface area (Å²) in [5.74, 6) is -1.66. The van der Waals surface area contributed by atoms with Gasteiger partial charge in [0.2, 0.25) is 10.0 Å². The number of benzene rings is 3. The van der Waals surface area contributed by atoms with E-state index in [4.69, 9.17) is 23.2 Å². The van der Waals surface area contributed by atoms with Gasteiger partial charge in [0.1, 0.15) is 5.82 Å². The zero-order valence-electron chi connectivity index (χ0n) is 19.1. The van der Waals surface area contributed by atoms with Gasteiger partial charge in [0.25, 0.3) is 5.91 Å². The van der Waals surface area contributed by atoms with Crippen molar-refractivity contribution in [2.24, 2.45) is 0 Å². The third-order valence-electron chi connectivity index (χ3n) is 5.96. The molecule has 4 rings (SSSR count).